The predicted octanol–water partition coefficient (Wildman–Crippen LogP) is 2.44. The zero-order valence-corrected chi connectivity index (χ0v) is 14.0. The molecule has 2 N–H and O–H groups in total. The Morgan fingerprint density at radius 1 is 1.29 bits per heavy atom. The van der Waals surface area contributed by atoms with Crippen molar-refractivity contribution in [2.24, 2.45) is 5.41 Å². The van der Waals surface area contributed by atoms with Gasteiger partial charge in [-0.15, -0.1) is 0 Å². The molecule has 0 heterocycles. The molecular weight excluding hydrogens is 284 g/mol. The van der Waals surface area contributed by atoms with Gasteiger partial charge < -0.3 is 5.32 Å². The second-order valence-electron chi connectivity index (χ2n) is 6.31. The maximum atomic E-state index is 12.6. The molecule has 0 unspecified atom stereocenters. The number of aryl methyl sites for hydroxylation is 1. The monoisotopic (exact) mass is 310 g/mol. The number of benzene rings is 1. The van der Waals surface area contributed by atoms with E-state index in [0.717, 1.165) is 24.0 Å². The molecule has 0 amide bonds. The summed E-state index contributed by atoms with van der Waals surface area (Å²) in [7, 11) is -1.57. The average molecular weight is 310 g/mol. The molecule has 21 heavy (non-hydrogen) atoms. The maximum Gasteiger partial charge on any atom is 0.240 e. The molecule has 0 aliphatic heterocycles. The molecule has 118 valence electrons. The van der Waals surface area contributed by atoms with E-state index < -0.39 is 10.0 Å². The Hall–Kier alpha value is -0.910. The molecule has 1 aromatic carbocycles. The van der Waals surface area contributed by atoms with Crippen molar-refractivity contribution < 1.29 is 8.42 Å². The summed E-state index contributed by atoms with van der Waals surface area (Å²) < 4.78 is 28.1. The smallest absolute Gasteiger partial charge is 0.240 e. The number of hydrogen-bond acceptors (Lipinski definition) is 3. The second kappa shape index (κ2) is 6.46. The first-order valence-corrected chi connectivity index (χ1v) is 9.14. The fraction of sp³-hybridized carbons (Fsp3) is 0.625. The fourth-order valence-corrected chi connectivity index (χ4v) is 4.32. The van der Waals surface area contributed by atoms with E-state index in [-0.39, 0.29) is 5.41 Å². The normalized spacial score (nSPS) is 17.5. The van der Waals surface area contributed by atoms with Crippen LogP contribution in [0.3, 0.4) is 0 Å². The van der Waals surface area contributed by atoms with Gasteiger partial charge in [-0.25, -0.2) is 13.1 Å². The minimum atomic E-state index is -3.43. The van der Waals surface area contributed by atoms with Gasteiger partial charge in [0.15, 0.2) is 0 Å². The topological polar surface area (TPSA) is 58.2 Å². The van der Waals surface area contributed by atoms with Crippen molar-refractivity contribution in [2.75, 3.05) is 13.6 Å². The van der Waals surface area contributed by atoms with Crippen LogP contribution in [0.4, 0.5) is 0 Å². The largest absolute Gasteiger partial charge is 0.316 e. The standard InChI is InChI=1S/C16H26N2O2S/c1-4-14-7-6-13(11-17-3)10-15(14)21(19,20)18-12-16(2)8-5-9-16/h6-7,10,17-18H,4-5,8-9,11-12H2,1-3H3. The van der Waals surface area contributed by atoms with Gasteiger partial charge in [-0.2, -0.15) is 0 Å². The van der Waals surface area contributed by atoms with Gasteiger partial charge in [0.25, 0.3) is 0 Å². The van der Waals surface area contributed by atoms with Gasteiger partial charge in [-0.3, -0.25) is 0 Å². The van der Waals surface area contributed by atoms with E-state index in [2.05, 4.69) is 17.0 Å². The molecule has 0 aromatic heterocycles. The van der Waals surface area contributed by atoms with E-state index in [0.29, 0.717) is 24.4 Å². The molecule has 0 spiro atoms. The Labute approximate surface area is 128 Å². The van der Waals surface area contributed by atoms with Crippen LogP contribution < -0.4 is 10.0 Å². The van der Waals surface area contributed by atoms with Crippen LogP contribution >= 0.6 is 0 Å². The molecule has 1 aliphatic rings. The molecule has 4 nitrogen and oxygen atoms in total. The van der Waals surface area contributed by atoms with Gasteiger partial charge in [0.1, 0.15) is 0 Å². The van der Waals surface area contributed by atoms with Crippen LogP contribution in [0.2, 0.25) is 0 Å². The Kier molecular flexibility index (Phi) is 5.07. The van der Waals surface area contributed by atoms with Gasteiger partial charge in [0, 0.05) is 13.1 Å². The van der Waals surface area contributed by atoms with Crippen molar-refractivity contribution in [3.8, 4) is 0 Å². The van der Waals surface area contributed by atoms with Gasteiger partial charge in [0.2, 0.25) is 10.0 Å². The quantitative estimate of drug-likeness (QED) is 0.813. The first-order chi connectivity index (χ1) is 9.90. The minimum absolute atomic E-state index is 0.141. The summed E-state index contributed by atoms with van der Waals surface area (Å²) in [5.74, 6) is 0. The van der Waals surface area contributed by atoms with Crippen molar-refractivity contribution in [3.05, 3.63) is 29.3 Å². The highest BCUT2D eigenvalue weighted by Gasteiger charge is 2.33. The molecule has 0 saturated heterocycles. The van der Waals surface area contributed by atoms with Crippen LogP contribution in [0.1, 0.15) is 44.2 Å². The lowest BCUT2D eigenvalue weighted by Crippen LogP contribution is -2.40. The molecule has 1 aromatic rings. The molecule has 2 rings (SSSR count). The van der Waals surface area contributed by atoms with Gasteiger partial charge >= 0.3 is 0 Å². The van der Waals surface area contributed by atoms with E-state index >= 15 is 0 Å². The van der Waals surface area contributed by atoms with Crippen molar-refractivity contribution >= 4 is 10.0 Å². The first-order valence-electron chi connectivity index (χ1n) is 7.66. The molecule has 0 radical (unpaired) electrons. The van der Waals surface area contributed by atoms with Gasteiger partial charge in [0.05, 0.1) is 4.90 Å². The van der Waals surface area contributed by atoms with E-state index in [1.165, 1.54) is 6.42 Å². The Bertz CT molecular complexity index is 592. The molecular formula is C16H26N2O2S. The zero-order chi connectivity index (χ0) is 15.5. The van der Waals surface area contributed by atoms with E-state index in [9.17, 15) is 8.42 Å². The molecule has 1 fully saturated rings. The lowest BCUT2D eigenvalue weighted by molar-refractivity contribution is 0.166. The first kappa shape index (κ1) is 16.5. The van der Waals surface area contributed by atoms with Crippen molar-refractivity contribution in [1.82, 2.24) is 10.0 Å². The van der Waals surface area contributed by atoms with Gasteiger partial charge in [-0.1, -0.05) is 32.4 Å². The molecule has 1 saturated carbocycles. The highest BCUT2D eigenvalue weighted by molar-refractivity contribution is 7.89. The van der Waals surface area contributed by atoms with E-state index in [1.54, 1.807) is 6.07 Å². The molecule has 0 bridgehead atoms. The Morgan fingerprint density at radius 3 is 2.52 bits per heavy atom. The zero-order valence-electron chi connectivity index (χ0n) is 13.2. The number of rotatable bonds is 7. The third-order valence-electron chi connectivity index (χ3n) is 4.43. The summed E-state index contributed by atoms with van der Waals surface area (Å²) in [5, 5.41) is 3.06. The average Bonchev–Trinajstić information content (AvgIpc) is 2.43. The number of nitrogens with one attached hydrogen (secondary N) is 2. The number of sulfonamides is 1. The summed E-state index contributed by atoms with van der Waals surface area (Å²) in [6.07, 6.45) is 4.13. The van der Waals surface area contributed by atoms with E-state index in [1.807, 2.05) is 26.1 Å². The summed E-state index contributed by atoms with van der Waals surface area (Å²) in [6, 6.07) is 5.70. The van der Waals surface area contributed by atoms with Crippen molar-refractivity contribution in [1.29, 1.82) is 0 Å². The highest BCUT2D eigenvalue weighted by atomic mass is 32.2. The Balaban J connectivity index is 2.22. The molecule has 0 atom stereocenters. The predicted molar refractivity (Wildman–Crippen MR) is 85.7 cm³/mol. The fourth-order valence-electron chi connectivity index (χ4n) is 2.76. The summed E-state index contributed by atoms with van der Waals surface area (Å²) in [4.78, 5) is 0.431. The third-order valence-corrected chi connectivity index (χ3v) is 5.92. The highest BCUT2D eigenvalue weighted by Crippen LogP contribution is 2.39. The molecule has 1 aliphatic carbocycles. The number of hydrogen-bond donors (Lipinski definition) is 2. The van der Waals surface area contributed by atoms with Crippen LogP contribution in [-0.2, 0) is 23.0 Å². The van der Waals surface area contributed by atoms with Crippen LogP contribution in [0.25, 0.3) is 0 Å². The van der Waals surface area contributed by atoms with E-state index in [4.69, 9.17) is 0 Å². The van der Waals surface area contributed by atoms with Crippen molar-refractivity contribution in [3.63, 3.8) is 0 Å². The lowest BCUT2D eigenvalue weighted by atomic mass is 9.71. The van der Waals surface area contributed by atoms with Crippen LogP contribution in [0.15, 0.2) is 23.1 Å². The summed E-state index contributed by atoms with van der Waals surface area (Å²) in [6.45, 7) is 5.34. The van der Waals surface area contributed by atoms with Crippen molar-refractivity contribution in [2.45, 2.75) is 51.0 Å². The van der Waals surface area contributed by atoms with Crippen LogP contribution in [-0.4, -0.2) is 22.0 Å². The summed E-state index contributed by atoms with van der Waals surface area (Å²) in [5.41, 5.74) is 2.01. The minimum Gasteiger partial charge on any atom is -0.316 e. The second-order valence-corrected chi connectivity index (χ2v) is 8.05. The maximum absolute atomic E-state index is 12.6. The van der Waals surface area contributed by atoms with Crippen LogP contribution in [0, 0.1) is 5.41 Å². The summed E-state index contributed by atoms with van der Waals surface area (Å²) >= 11 is 0. The SMILES string of the molecule is CCc1ccc(CNC)cc1S(=O)(=O)NCC1(C)CCC1. The lowest BCUT2D eigenvalue weighted by Gasteiger charge is -2.38. The Morgan fingerprint density at radius 2 is 2.00 bits per heavy atom. The molecule has 5 heteroatoms. The van der Waals surface area contributed by atoms with Crippen LogP contribution in [0.5, 0.6) is 0 Å². The van der Waals surface area contributed by atoms with Gasteiger partial charge in [-0.05, 0) is 48.9 Å². The third kappa shape index (κ3) is 3.84.